The van der Waals surface area contributed by atoms with Crippen LogP contribution in [0.3, 0.4) is 0 Å². The number of nitrogens with one attached hydrogen (secondary N) is 1. The molecule has 0 heterocycles. The van der Waals surface area contributed by atoms with E-state index < -0.39 is 0 Å². The van der Waals surface area contributed by atoms with Crippen LogP contribution in [0.15, 0.2) is 82.2 Å². The van der Waals surface area contributed by atoms with Gasteiger partial charge in [0.25, 0.3) is 0 Å². The monoisotopic (exact) mass is 497 g/mol. The minimum Gasteiger partial charge on any atom is -0.495 e. The maximum atomic E-state index is 11.9. The van der Waals surface area contributed by atoms with E-state index in [-0.39, 0.29) is 5.97 Å². The van der Waals surface area contributed by atoms with Crippen LogP contribution in [0, 0.1) is 0 Å². The minimum atomic E-state index is -0.365. The van der Waals surface area contributed by atoms with Gasteiger partial charge in [0.2, 0.25) is 0 Å². The number of hydrogen-bond acceptors (Lipinski definition) is 5. The molecule has 0 saturated carbocycles. The van der Waals surface area contributed by atoms with Crippen LogP contribution in [-0.2, 0) is 15.3 Å². The largest absolute Gasteiger partial charge is 0.495 e. The molecular weight excluding hydrogens is 474 g/mol. The highest BCUT2D eigenvalue weighted by atomic mass is 79.9. The van der Waals surface area contributed by atoms with Crippen molar-refractivity contribution in [1.82, 2.24) is 0 Å². The maximum Gasteiger partial charge on any atom is 0.330 e. The average Bonchev–Trinajstić information content (AvgIpc) is 2.78. The lowest BCUT2D eigenvalue weighted by molar-refractivity contribution is -0.137. The molecule has 0 saturated heterocycles. The van der Waals surface area contributed by atoms with Crippen molar-refractivity contribution in [3.8, 4) is 5.75 Å². The number of hydrogen-bond donors (Lipinski definition) is 1. The van der Waals surface area contributed by atoms with Gasteiger partial charge in [0.15, 0.2) is 0 Å². The number of carbonyl (C=O) groups excluding carboxylic acids is 1. The van der Waals surface area contributed by atoms with Crippen LogP contribution in [0.4, 0.5) is 11.4 Å². The van der Waals surface area contributed by atoms with Crippen LogP contribution >= 0.6 is 27.7 Å². The molecule has 0 aromatic heterocycles. The Kier molecular flexibility index (Phi) is 8.62. The summed E-state index contributed by atoms with van der Waals surface area (Å²) in [7, 11) is 1.64. The fraction of sp³-hybridized carbons (Fsp3) is 0.160. The van der Waals surface area contributed by atoms with Crippen molar-refractivity contribution in [3.63, 3.8) is 0 Å². The third-order valence-electron chi connectivity index (χ3n) is 4.39. The van der Waals surface area contributed by atoms with E-state index in [4.69, 9.17) is 9.47 Å². The smallest absolute Gasteiger partial charge is 0.330 e. The molecule has 0 aliphatic rings. The Morgan fingerprint density at radius 1 is 1.06 bits per heavy atom. The lowest BCUT2D eigenvalue weighted by atomic mass is 10.1. The van der Waals surface area contributed by atoms with E-state index in [0.29, 0.717) is 6.61 Å². The number of thioether (sulfide) groups is 1. The van der Waals surface area contributed by atoms with E-state index in [2.05, 4.69) is 45.5 Å². The van der Waals surface area contributed by atoms with E-state index >= 15 is 0 Å². The minimum absolute atomic E-state index is 0.344. The number of carbonyl (C=O) groups is 1. The average molecular weight is 498 g/mol. The van der Waals surface area contributed by atoms with E-state index in [1.165, 1.54) is 11.6 Å². The normalized spacial score (nSPS) is 10.8. The fourth-order valence-corrected chi connectivity index (χ4v) is 4.16. The molecule has 6 heteroatoms. The lowest BCUT2D eigenvalue weighted by Crippen LogP contribution is -2.00. The third-order valence-corrected chi connectivity index (χ3v) is 5.95. The Hall–Kier alpha value is -2.70. The predicted octanol–water partition coefficient (Wildman–Crippen LogP) is 7.07. The van der Waals surface area contributed by atoms with Gasteiger partial charge in [-0.15, -0.1) is 11.8 Å². The molecular formula is C25H24BrNO3S. The summed E-state index contributed by atoms with van der Waals surface area (Å²) in [6.07, 6.45) is 3.23. The van der Waals surface area contributed by atoms with Gasteiger partial charge in [0, 0.05) is 26.9 Å². The molecule has 0 bridgehead atoms. The van der Waals surface area contributed by atoms with Crippen molar-refractivity contribution >= 4 is 51.1 Å². The quantitative estimate of drug-likeness (QED) is 0.194. The number of halogens is 1. The summed E-state index contributed by atoms with van der Waals surface area (Å²) < 4.78 is 11.4. The first-order valence-corrected chi connectivity index (χ1v) is 11.6. The number of benzene rings is 3. The highest BCUT2D eigenvalue weighted by molar-refractivity contribution is 9.10. The predicted molar refractivity (Wildman–Crippen MR) is 132 cm³/mol. The molecule has 3 rings (SSSR count). The van der Waals surface area contributed by atoms with Crippen LogP contribution in [0.1, 0.15) is 18.1 Å². The first-order valence-electron chi connectivity index (χ1n) is 9.85. The zero-order valence-corrected chi connectivity index (χ0v) is 19.8. The second kappa shape index (κ2) is 11.6. The summed E-state index contributed by atoms with van der Waals surface area (Å²) in [5, 5.41) is 3.42. The molecule has 0 spiro atoms. The molecule has 160 valence electrons. The van der Waals surface area contributed by atoms with Crippen molar-refractivity contribution in [2.24, 2.45) is 0 Å². The topological polar surface area (TPSA) is 47.6 Å². The maximum absolute atomic E-state index is 11.9. The highest BCUT2D eigenvalue weighted by Crippen LogP contribution is 2.34. The first-order chi connectivity index (χ1) is 15.1. The molecule has 1 N–H and O–H groups in total. The number of esters is 1. The van der Waals surface area contributed by atoms with E-state index in [9.17, 15) is 4.79 Å². The summed E-state index contributed by atoms with van der Waals surface area (Å²) in [5.41, 5.74) is 3.83. The molecule has 3 aromatic carbocycles. The lowest BCUT2D eigenvalue weighted by Gasteiger charge is -2.15. The number of ether oxygens (including phenoxy) is 2. The molecule has 0 fully saturated rings. The van der Waals surface area contributed by atoms with Crippen molar-refractivity contribution in [3.05, 3.63) is 88.4 Å². The Morgan fingerprint density at radius 3 is 2.61 bits per heavy atom. The van der Waals surface area contributed by atoms with Gasteiger partial charge in [-0.2, -0.15) is 0 Å². The van der Waals surface area contributed by atoms with Gasteiger partial charge in [-0.3, -0.25) is 0 Å². The van der Waals surface area contributed by atoms with Gasteiger partial charge < -0.3 is 14.8 Å². The van der Waals surface area contributed by atoms with Gasteiger partial charge in [0.1, 0.15) is 5.75 Å². The Bertz CT molecular complexity index is 1050. The third kappa shape index (κ3) is 6.91. The highest BCUT2D eigenvalue weighted by Gasteiger charge is 2.09. The molecule has 31 heavy (non-hydrogen) atoms. The van der Waals surface area contributed by atoms with Crippen LogP contribution < -0.4 is 10.1 Å². The van der Waals surface area contributed by atoms with Gasteiger partial charge in [-0.25, -0.2) is 4.79 Å². The van der Waals surface area contributed by atoms with Gasteiger partial charge in [-0.05, 0) is 60.5 Å². The SMILES string of the molecule is CCOC(=O)/C=C/c1cc(SCc2ccccc2)ccc1Nc1cc(Br)ccc1OC. The van der Waals surface area contributed by atoms with E-state index in [0.717, 1.165) is 37.8 Å². The van der Waals surface area contributed by atoms with E-state index in [1.54, 1.807) is 31.9 Å². The van der Waals surface area contributed by atoms with Crippen LogP contribution in [0.25, 0.3) is 6.08 Å². The van der Waals surface area contributed by atoms with Crippen molar-refractivity contribution in [2.45, 2.75) is 17.6 Å². The standard InChI is InChI=1S/C25H24BrNO3S/c1-3-30-25(28)14-9-19-15-21(31-17-18-7-5-4-6-8-18)11-12-22(19)27-23-16-20(26)10-13-24(23)29-2/h4-16,27H,3,17H2,1-2H3/b14-9+. The van der Waals surface area contributed by atoms with Gasteiger partial charge in [-0.1, -0.05) is 46.3 Å². The van der Waals surface area contributed by atoms with Crippen molar-refractivity contribution in [1.29, 1.82) is 0 Å². The summed E-state index contributed by atoms with van der Waals surface area (Å²) in [4.78, 5) is 13.0. The molecule has 0 atom stereocenters. The molecule has 0 radical (unpaired) electrons. The summed E-state index contributed by atoms with van der Waals surface area (Å²) >= 11 is 5.25. The van der Waals surface area contributed by atoms with Crippen molar-refractivity contribution < 1.29 is 14.3 Å². The van der Waals surface area contributed by atoms with Crippen molar-refractivity contribution in [2.75, 3.05) is 19.0 Å². The number of methoxy groups -OCH3 is 1. The molecule has 0 aliphatic heterocycles. The van der Waals surface area contributed by atoms with Gasteiger partial charge in [0.05, 0.1) is 19.4 Å². The van der Waals surface area contributed by atoms with Crippen LogP contribution in [0.5, 0.6) is 5.75 Å². The summed E-state index contributed by atoms with van der Waals surface area (Å²) in [5.74, 6) is 1.23. The Labute approximate surface area is 195 Å². The second-order valence-corrected chi connectivity index (χ2v) is 8.54. The zero-order chi connectivity index (χ0) is 22.1. The molecule has 0 unspecified atom stereocenters. The Morgan fingerprint density at radius 2 is 1.87 bits per heavy atom. The van der Waals surface area contributed by atoms with Crippen LogP contribution in [0.2, 0.25) is 0 Å². The molecule has 0 amide bonds. The Balaban J connectivity index is 1.88. The molecule has 4 nitrogen and oxygen atoms in total. The van der Waals surface area contributed by atoms with E-state index in [1.807, 2.05) is 42.5 Å². The zero-order valence-electron chi connectivity index (χ0n) is 17.4. The second-order valence-electron chi connectivity index (χ2n) is 6.58. The van der Waals surface area contributed by atoms with Gasteiger partial charge >= 0.3 is 5.97 Å². The number of anilines is 2. The fourth-order valence-electron chi connectivity index (χ4n) is 2.89. The molecule has 0 aliphatic carbocycles. The summed E-state index contributed by atoms with van der Waals surface area (Å²) in [6, 6.07) is 22.3. The first kappa shape index (κ1) is 23.0. The van der Waals surface area contributed by atoms with Crippen LogP contribution in [-0.4, -0.2) is 19.7 Å². The molecule has 3 aromatic rings. The summed E-state index contributed by atoms with van der Waals surface area (Å²) in [6.45, 7) is 2.13. The number of rotatable bonds is 9.